The molecule has 18 heavy (non-hydrogen) atoms. The highest BCUT2D eigenvalue weighted by Gasteiger charge is 2.13. The summed E-state index contributed by atoms with van der Waals surface area (Å²) in [6.45, 7) is 6.67. The quantitative estimate of drug-likeness (QED) is 0.707. The summed E-state index contributed by atoms with van der Waals surface area (Å²) in [5.74, 6) is 0.452. The van der Waals surface area contributed by atoms with Crippen LogP contribution in [0.4, 0.5) is 0 Å². The van der Waals surface area contributed by atoms with Gasteiger partial charge in [0.2, 0.25) is 0 Å². The number of aromatic nitrogens is 1. The summed E-state index contributed by atoms with van der Waals surface area (Å²) in [6.07, 6.45) is 1.81. The van der Waals surface area contributed by atoms with Crippen LogP contribution in [0.2, 0.25) is 0 Å². The van der Waals surface area contributed by atoms with Crippen LogP contribution in [0.15, 0.2) is 42.6 Å². The van der Waals surface area contributed by atoms with E-state index in [2.05, 4.69) is 50.0 Å². The molecular formula is C16H18ClN. The van der Waals surface area contributed by atoms with Crippen molar-refractivity contribution in [3.8, 4) is 11.1 Å². The SMILES string of the molecule is CC(C)(C)c1ccc(-c2ccnc(CCl)c2)cc1. The summed E-state index contributed by atoms with van der Waals surface area (Å²) in [4.78, 5) is 4.21. The summed E-state index contributed by atoms with van der Waals surface area (Å²) >= 11 is 5.81. The Morgan fingerprint density at radius 1 is 1.00 bits per heavy atom. The first-order chi connectivity index (χ1) is 8.50. The number of hydrogen-bond acceptors (Lipinski definition) is 1. The highest BCUT2D eigenvalue weighted by molar-refractivity contribution is 6.16. The smallest absolute Gasteiger partial charge is 0.0647 e. The van der Waals surface area contributed by atoms with Crippen molar-refractivity contribution in [1.29, 1.82) is 0 Å². The third kappa shape index (κ3) is 2.91. The standard InChI is InChI=1S/C16H18ClN/c1-16(2,3)14-6-4-12(5-7-14)13-8-9-18-15(10-13)11-17/h4-10H,11H2,1-3H3. The molecule has 1 aromatic heterocycles. The van der Waals surface area contributed by atoms with Gasteiger partial charge in [0.15, 0.2) is 0 Å². The van der Waals surface area contributed by atoms with Crippen molar-refractivity contribution in [2.75, 3.05) is 0 Å². The number of hydrogen-bond donors (Lipinski definition) is 0. The predicted molar refractivity (Wildman–Crippen MR) is 77.9 cm³/mol. The van der Waals surface area contributed by atoms with Gasteiger partial charge >= 0.3 is 0 Å². The van der Waals surface area contributed by atoms with Gasteiger partial charge in [-0.1, -0.05) is 45.0 Å². The van der Waals surface area contributed by atoms with Crippen molar-refractivity contribution in [2.45, 2.75) is 32.1 Å². The molecule has 0 atom stereocenters. The van der Waals surface area contributed by atoms with Crippen LogP contribution in [0.3, 0.4) is 0 Å². The van der Waals surface area contributed by atoms with Crippen molar-refractivity contribution < 1.29 is 0 Å². The maximum atomic E-state index is 5.81. The molecule has 2 rings (SSSR count). The van der Waals surface area contributed by atoms with E-state index >= 15 is 0 Å². The Morgan fingerprint density at radius 3 is 2.22 bits per heavy atom. The molecule has 2 heteroatoms. The molecule has 2 aromatic rings. The predicted octanol–water partition coefficient (Wildman–Crippen LogP) is 4.78. The molecule has 0 aliphatic heterocycles. The Labute approximate surface area is 114 Å². The van der Waals surface area contributed by atoms with Gasteiger partial charge in [-0.15, -0.1) is 11.6 Å². The monoisotopic (exact) mass is 259 g/mol. The molecule has 0 N–H and O–H groups in total. The maximum absolute atomic E-state index is 5.81. The lowest BCUT2D eigenvalue weighted by atomic mass is 9.86. The van der Waals surface area contributed by atoms with Gasteiger partial charge in [0.05, 0.1) is 11.6 Å². The number of alkyl halides is 1. The number of pyridine rings is 1. The van der Waals surface area contributed by atoms with E-state index < -0.39 is 0 Å². The first-order valence-corrected chi connectivity index (χ1v) is 6.66. The molecule has 94 valence electrons. The van der Waals surface area contributed by atoms with E-state index in [0.29, 0.717) is 5.88 Å². The summed E-state index contributed by atoms with van der Waals surface area (Å²) < 4.78 is 0. The minimum absolute atomic E-state index is 0.193. The number of rotatable bonds is 2. The van der Waals surface area contributed by atoms with E-state index in [-0.39, 0.29) is 5.41 Å². The summed E-state index contributed by atoms with van der Waals surface area (Å²) in [5, 5.41) is 0. The fourth-order valence-corrected chi connectivity index (χ4v) is 2.04. The minimum Gasteiger partial charge on any atom is -0.260 e. The summed E-state index contributed by atoms with van der Waals surface area (Å²) in [7, 11) is 0. The van der Waals surface area contributed by atoms with E-state index in [0.717, 1.165) is 5.69 Å². The minimum atomic E-state index is 0.193. The van der Waals surface area contributed by atoms with Crippen LogP contribution >= 0.6 is 11.6 Å². The third-order valence-corrected chi connectivity index (χ3v) is 3.31. The second-order valence-electron chi connectivity index (χ2n) is 5.50. The molecule has 0 saturated heterocycles. The molecule has 0 amide bonds. The van der Waals surface area contributed by atoms with Crippen molar-refractivity contribution >= 4 is 11.6 Å². The van der Waals surface area contributed by atoms with Crippen LogP contribution in [0.25, 0.3) is 11.1 Å². The molecular weight excluding hydrogens is 242 g/mol. The zero-order valence-electron chi connectivity index (χ0n) is 11.1. The van der Waals surface area contributed by atoms with Gasteiger partial charge in [-0.25, -0.2) is 0 Å². The van der Waals surface area contributed by atoms with Gasteiger partial charge in [-0.2, -0.15) is 0 Å². The fraction of sp³-hybridized carbons (Fsp3) is 0.312. The van der Waals surface area contributed by atoms with Crippen molar-refractivity contribution in [3.05, 3.63) is 53.9 Å². The average molecular weight is 260 g/mol. The van der Waals surface area contributed by atoms with Gasteiger partial charge in [-0.05, 0) is 34.2 Å². The molecule has 1 nitrogen and oxygen atoms in total. The van der Waals surface area contributed by atoms with Gasteiger partial charge in [-0.3, -0.25) is 4.98 Å². The van der Waals surface area contributed by atoms with Crippen LogP contribution in [0.5, 0.6) is 0 Å². The normalized spacial score (nSPS) is 11.6. The maximum Gasteiger partial charge on any atom is 0.0647 e. The largest absolute Gasteiger partial charge is 0.260 e. The topological polar surface area (TPSA) is 12.9 Å². The highest BCUT2D eigenvalue weighted by Crippen LogP contribution is 2.26. The molecule has 0 spiro atoms. The third-order valence-electron chi connectivity index (χ3n) is 3.04. The first-order valence-electron chi connectivity index (χ1n) is 6.12. The second kappa shape index (κ2) is 5.11. The summed E-state index contributed by atoms with van der Waals surface area (Å²) in [6, 6.07) is 12.8. The van der Waals surface area contributed by atoms with Crippen molar-refractivity contribution in [1.82, 2.24) is 4.98 Å². The van der Waals surface area contributed by atoms with Crippen LogP contribution in [-0.2, 0) is 11.3 Å². The van der Waals surface area contributed by atoms with Gasteiger partial charge in [0.25, 0.3) is 0 Å². The molecule has 0 bridgehead atoms. The van der Waals surface area contributed by atoms with Crippen LogP contribution in [0.1, 0.15) is 32.0 Å². The number of benzene rings is 1. The zero-order chi connectivity index (χ0) is 13.2. The average Bonchev–Trinajstić information content (AvgIpc) is 2.38. The molecule has 0 saturated carbocycles. The van der Waals surface area contributed by atoms with E-state index in [1.165, 1.54) is 16.7 Å². The number of nitrogens with zero attached hydrogens (tertiary/aromatic N) is 1. The van der Waals surface area contributed by atoms with E-state index in [9.17, 15) is 0 Å². The Hall–Kier alpha value is -1.34. The molecule has 1 heterocycles. The van der Waals surface area contributed by atoms with Crippen LogP contribution in [0, 0.1) is 0 Å². The fourth-order valence-electron chi connectivity index (χ4n) is 1.89. The van der Waals surface area contributed by atoms with Crippen molar-refractivity contribution in [2.24, 2.45) is 0 Å². The zero-order valence-corrected chi connectivity index (χ0v) is 11.8. The number of halogens is 1. The molecule has 0 fully saturated rings. The van der Waals surface area contributed by atoms with E-state index in [1.807, 2.05) is 18.3 Å². The lowest BCUT2D eigenvalue weighted by Gasteiger charge is -2.19. The summed E-state index contributed by atoms with van der Waals surface area (Å²) in [5.41, 5.74) is 4.82. The molecule has 0 radical (unpaired) electrons. The molecule has 1 aromatic carbocycles. The Bertz CT molecular complexity index is 524. The molecule has 0 unspecified atom stereocenters. The van der Waals surface area contributed by atoms with E-state index in [1.54, 1.807) is 0 Å². The molecule has 0 aliphatic carbocycles. The van der Waals surface area contributed by atoms with Gasteiger partial charge in [0, 0.05) is 6.20 Å². The van der Waals surface area contributed by atoms with Crippen LogP contribution in [-0.4, -0.2) is 4.98 Å². The first kappa shape index (κ1) is 13.1. The van der Waals surface area contributed by atoms with Gasteiger partial charge < -0.3 is 0 Å². The Kier molecular flexibility index (Phi) is 3.72. The lowest BCUT2D eigenvalue weighted by Crippen LogP contribution is -2.10. The van der Waals surface area contributed by atoms with Crippen LogP contribution < -0.4 is 0 Å². The van der Waals surface area contributed by atoms with Gasteiger partial charge in [0.1, 0.15) is 0 Å². The Balaban J connectivity index is 2.34. The van der Waals surface area contributed by atoms with E-state index in [4.69, 9.17) is 11.6 Å². The van der Waals surface area contributed by atoms with Crippen molar-refractivity contribution in [3.63, 3.8) is 0 Å². The highest BCUT2D eigenvalue weighted by atomic mass is 35.5. The second-order valence-corrected chi connectivity index (χ2v) is 5.76. The molecule has 0 aliphatic rings. The Morgan fingerprint density at radius 2 is 1.67 bits per heavy atom. The lowest BCUT2D eigenvalue weighted by molar-refractivity contribution is 0.590.